The maximum atomic E-state index is 12.7. The van der Waals surface area contributed by atoms with Crippen molar-refractivity contribution in [1.29, 1.82) is 0 Å². The number of nitrogens with zero attached hydrogens (tertiary/aromatic N) is 2. The molecule has 6 heteroatoms. The van der Waals surface area contributed by atoms with Crippen molar-refractivity contribution in [2.24, 2.45) is 0 Å². The molecule has 0 spiro atoms. The fraction of sp³-hybridized carbons (Fsp3) is 0.364. The van der Waals surface area contributed by atoms with Crippen molar-refractivity contribution in [3.05, 3.63) is 54.1 Å². The van der Waals surface area contributed by atoms with Crippen molar-refractivity contribution in [1.82, 2.24) is 9.88 Å². The second-order valence-electron chi connectivity index (χ2n) is 7.25. The lowest BCUT2D eigenvalue weighted by atomic mass is 10.1. The highest BCUT2D eigenvalue weighted by molar-refractivity contribution is 7.20. The SMILES string of the molecule is CC(C)Oc1ccc(C(=O)N2CCC(Oc3nc4ccccc4s3)CC2)cc1. The monoisotopic (exact) mass is 396 g/mol. The van der Waals surface area contributed by atoms with Gasteiger partial charge in [-0.05, 0) is 50.2 Å². The third-order valence-corrected chi connectivity index (χ3v) is 5.67. The lowest BCUT2D eigenvalue weighted by molar-refractivity contribution is 0.0595. The Morgan fingerprint density at radius 3 is 2.50 bits per heavy atom. The predicted molar refractivity (Wildman–Crippen MR) is 111 cm³/mol. The summed E-state index contributed by atoms with van der Waals surface area (Å²) in [5, 5.41) is 0.715. The molecule has 0 aliphatic carbocycles. The van der Waals surface area contributed by atoms with Crippen LogP contribution in [0.15, 0.2) is 48.5 Å². The Kier molecular flexibility index (Phi) is 5.48. The number of hydrogen-bond acceptors (Lipinski definition) is 5. The lowest BCUT2D eigenvalue weighted by Crippen LogP contribution is -2.41. The summed E-state index contributed by atoms with van der Waals surface area (Å²) in [6.07, 6.45) is 1.86. The Hall–Kier alpha value is -2.60. The number of ether oxygens (including phenoxy) is 2. The summed E-state index contributed by atoms with van der Waals surface area (Å²) in [5.74, 6) is 0.851. The van der Waals surface area contributed by atoms with Gasteiger partial charge in [0.05, 0.1) is 16.3 Å². The van der Waals surface area contributed by atoms with E-state index in [0.717, 1.165) is 28.8 Å². The van der Waals surface area contributed by atoms with Gasteiger partial charge in [0.1, 0.15) is 11.9 Å². The number of carbonyl (C=O) groups is 1. The number of amides is 1. The lowest BCUT2D eigenvalue weighted by Gasteiger charge is -2.31. The van der Waals surface area contributed by atoms with E-state index in [9.17, 15) is 4.79 Å². The zero-order valence-electron chi connectivity index (χ0n) is 16.1. The third kappa shape index (κ3) is 4.28. The summed E-state index contributed by atoms with van der Waals surface area (Å²) in [4.78, 5) is 19.2. The molecule has 2 heterocycles. The molecule has 0 atom stereocenters. The molecule has 0 N–H and O–H groups in total. The predicted octanol–water partition coefficient (Wildman–Crippen LogP) is 4.77. The maximum absolute atomic E-state index is 12.7. The van der Waals surface area contributed by atoms with Crippen LogP contribution >= 0.6 is 11.3 Å². The molecule has 1 saturated heterocycles. The van der Waals surface area contributed by atoms with E-state index in [2.05, 4.69) is 11.1 Å². The van der Waals surface area contributed by atoms with Gasteiger partial charge in [-0.1, -0.05) is 23.5 Å². The molecule has 1 amide bonds. The Bertz CT molecular complexity index is 911. The number of thiazole rings is 1. The van der Waals surface area contributed by atoms with Gasteiger partial charge < -0.3 is 14.4 Å². The van der Waals surface area contributed by atoms with Crippen LogP contribution in [0.4, 0.5) is 0 Å². The first kappa shape index (κ1) is 18.7. The normalized spacial score (nSPS) is 15.2. The van der Waals surface area contributed by atoms with Crippen LogP contribution in [0.5, 0.6) is 10.9 Å². The van der Waals surface area contributed by atoms with Crippen molar-refractivity contribution in [3.63, 3.8) is 0 Å². The van der Waals surface area contributed by atoms with Gasteiger partial charge in [-0.3, -0.25) is 4.79 Å². The minimum absolute atomic E-state index is 0.0644. The fourth-order valence-corrected chi connectivity index (χ4v) is 4.23. The number of piperidine rings is 1. The highest BCUT2D eigenvalue weighted by Crippen LogP contribution is 2.29. The van der Waals surface area contributed by atoms with Crippen LogP contribution in [0.25, 0.3) is 10.2 Å². The first-order valence-corrected chi connectivity index (χ1v) is 10.5. The van der Waals surface area contributed by atoms with Crippen molar-refractivity contribution < 1.29 is 14.3 Å². The van der Waals surface area contributed by atoms with Crippen LogP contribution in [0.3, 0.4) is 0 Å². The molecule has 28 heavy (non-hydrogen) atoms. The van der Waals surface area contributed by atoms with Crippen molar-refractivity contribution in [2.45, 2.75) is 38.9 Å². The van der Waals surface area contributed by atoms with E-state index in [4.69, 9.17) is 9.47 Å². The summed E-state index contributed by atoms with van der Waals surface area (Å²) in [6.45, 7) is 5.36. The molecule has 4 rings (SSSR count). The quantitative estimate of drug-likeness (QED) is 0.623. The second-order valence-corrected chi connectivity index (χ2v) is 8.24. The second kappa shape index (κ2) is 8.19. The maximum Gasteiger partial charge on any atom is 0.274 e. The Labute approximate surface area is 168 Å². The van der Waals surface area contributed by atoms with Gasteiger partial charge in [0, 0.05) is 31.5 Å². The fourth-order valence-electron chi connectivity index (χ4n) is 3.35. The molecule has 5 nitrogen and oxygen atoms in total. The summed E-state index contributed by atoms with van der Waals surface area (Å²) in [7, 11) is 0. The molecule has 2 aromatic carbocycles. The molecular formula is C22H24N2O3S. The number of likely N-dealkylation sites (tertiary alicyclic amines) is 1. The van der Waals surface area contributed by atoms with E-state index in [1.165, 1.54) is 0 Å². The number of aromatic nitrogens is 1. The van der Waals surface area contributed by atoms with Gasteiger partial charge in [0.15, 0.2) is 0 Å². The van der Waals surface area contributed by atoms with Crippen molar-refractivity contribution in [2.75, 3.05) is 13.1 Å². The highest BCUT2D eigenvalue weighted by Gasteiger charge is 2.25. The van der Waals surface area contributed by atoms with Gasteiger partial charge in [-0.2, -0.15) is 0 Å². The zero-order chi connectivity index (χ0) is 19.5. The highest BCUT2D eigenvalue weighted by atomic mass is 32.1. The Balaban J connectivity index is 1.32. The molecule has 1 aromatic heterocycles. The van der Waals surface area contributed by atoms with E-state index >= 15 is 0 Å². The number of rotatable bonds is 5. The molecule has 1 aliphatic heterocycles. The molecule has 0 saturated carbocycles. The van der Waals surface area contributed by atoms with Crippen LogP contribution in [0.2, 0.25) is 0 Å². The molecule has 1 aliphatic rings. The van der Waals surface area contributed by atoms with E-state index in [0.29, 0.717) is 23.8 Å². The van der Waals surface area contributed by atoms with E-state index in [1.807, 2.05) is 61.2 Å². The van der Waals surface area contributed by atoms with Gasteiger partial charge in [0.25, 0.3) is 11.1 Å². The van der Waals surface area contributed by atoms with Gasteiger partial charge in [-0.15, -0.1) is 0 Å². The number of benzene rings is 2. The first-order chi connectivity index (χ1) is 13.6. The van der Waals surface area contributed by atoms with Crippen LogP contribution in [0, 0.1) is 0 Å². The average molecular weight is 397 g/mol. The Morgan fingerprint density at radius 1 is 1.11 bits per heavy atom. The smallest absolute Gasteiger partial charge is 0.274 e. The number of hydrogen-bond donors (Lipinski definition) is 0. The standard InChI is InChI=1S/C22H24N2O3S/c1-15(2)26-17-9-7-16(8-10-17)21(25)24-13-11-18(12-14-24)27-22-23-19-5-3-4-6-20(19)28-22/h3-10,15,18H,11-14H2,1-2H3. The van der Waals surface area contributed by atoms with Crippen molar-refractivity contribution >= 4 is 27.5 Å². The first-order valence-electron chi connectivity index (χ1n) is 9.67. The molecule has 0 bridgehead atoms. The molecule has 3 aromatic rings. The molecule has 1 fully saturated rings. The van der Waals surface area contributed by atoms with Gasteiger partial charge >= 0.3 is 0 Å². The largest absolute Gasteiger partial charge is 0.491 e. The molecule has 0 radical (unpaired) electrons. The topological polar surface area (TPSA) is 51.7 Å². The number of fused-ring (bicyclic) bond motifs is 1. The molecule has 0 unspecified atom stereocenters. The van der Waals surface area contributed by atoms with Gasteiger partial charge in [0.2, 0.25) is 0 Å². The van der Waals surface area contributed by atoms with Crippen LogP contribution in [-0.4, -0.2) is 41.1 Å². The minimum atomic E-state index is 0.0644. The summed E-state index contributed by atoms with van der Waals surface area (Å²) >= 11 is 1.57. The number of carbonyl (C=O) groups excluding carboxylic acids is 1. The Morgan fingerprint density at radius 2 is 1.82 bits per heavy atom. The minimum Gasteiger partial charge on any atom is -0.491 e. The molecule has 146 valence electrons. The third-order valence-electron chi connectivity index (χ3n) is 4.74. The zero-order valence-corrected chi connectivity index (χ0v) is 16.9. The van der Waals surface area contributed by atoms with E-state index < -0.39 is 0 Å². The summed E-state index contributed by atoms with van der Waals surface area (Å²) < 4.78 is 12.9. The van der Waals surface area contributed by atoms with E-state index in [1.54, 1.807) is 11.3 Å². The van der Waals surface area contributed by atoms with Crippen molar-refractivity contribution in [3.8, 4) is 10.9 Å². The van der Waals surface area contributed by atoms with Gasteiger partial charge in [-0.25, -0.2) is 4.98 Å². The summed E-state index contributed by atoms with van der Waals surface area (Å²) in [6, 6.07) is 15.4. The van der Waals surface area contributed by atoms with E-state index in [-0.39, 0.29) is 18.1 Å². The number of para-hydroxylation sites is 1. The summed E-state index contributed by atoms with van der Waals surface area (Å²) in [5.41, 5.74) is 1.67. The van der Waals surface area contributed by atoms with Crippen LogP contribution < -0.4 is 9.47 Å². The molecular weight excluding hydrogens is 372 g/mol. The van der Waals surface area contributed by atoms with Crippen LogP contribution in [-0.2, 0) is 0 Å². The average Bonchev–Trinajstić information content (AvgIpc) is 3.10. The van der Waals surface area contributed by atoms with Crippen LogP contribution in [0.1, 0.15) is 37.0 Å².